The second-order valence-corrected chi connectivity index (χ2v) is 6.57. The lowest BCUT2D eigenvalue weighted by molar-refractivity contribution is -0.131. The number of amides is 2. The predicted molar refractivity (Wildman–Crippen MR) is 101 cm³/mol. The number of benzene rings is 2. The number of carbonyl (C=O) groups is 3. The van der Waals surface area contributed by atoms with Crippen molar-refractivity contribution >= 4 is 17.8 Å². The molecule has 1 aliphatic heterocycles. The van der Waals surface area contributed by atoms with Gasteiger partial charge in [0.15, 0.2) is 0 Å². The highest BCUT2D eigenvalue weighted by atomic mass is 16.5. The van der Waals surface area contributed by atoms with Crippen molar-refractivity contribution in [3.05, 3.63) is 65.2 Å². The van der Waals surface area contributed by atoms with E-state index in [1.165, 1.54) is 6.92 Å². The Kier molecular flexibility index (Phi) is 5.54. The van der Waals surface area contributed by atoms with Gasteiger partial charge in [-0.05, 0) is 37.3 Å². The summed E-state index contributed by atoms with van der Waals surface area (Å²) in [6.07, 6.45) is 0. The van der Waals surface area contributed by atoms with E-state index >= 15 is 0 Å². The number of carbonyl (C=O) groups excluding carboxylic acids is 3. The Morgan fingerprint density at radius 1 is 0.815 bits per heavy atom. The van der Waals surface area contributed by atoms with E-state index in [1.807, 2.05) is 31.2 Å². The maximum Gasteiger partial charge on any atom is 0.308 e. The van der Waals surface area contributed by atoms with Gasteiger partial charge in [0.2, 0.25) is 0 Å². The summed E-state index contributed by atoms with van der Waals surface area (Å²) in [5.41, 5.74) is 2.24. The van der Waals surface area contributed by atoms with Crippen LogP contribution in [0, 0.1) is 6.92 Å². The van der Waals surface area contributed by atoms with Crippen LogP contribution < -0.4 is 4.74 Å². The summed E-state index contributed by atoms with van der Waals surface area (Å²) in [5.74, 6) is -0.227. The Labute approximate surface area is 158 Å². The molecule has 0 spiro atoms. The summed E-state index contributed by atoms with van der Waals surface area (Å²) in [6, 6.07) is 14.1. The molecule has 140 valence electrons. The minimum atomic E-state index is -0.428. The van der Waals surface area contributed by atoms with E-state index in [4.69, 9.17) is 4.74 Å². The number of aryl methyl sites for hydroxylation is 1. The van der Waals surface area contributed by atoms with Gasteiger partial charge in [0, 0.05) is 44.2 Å². The lowest BCUT2D eigenvalue weighted by atomic mass is 10.1. The fourth-order valence-electron chi connectivity index (χ4n) is 3.03. The largest absolute Gasteiger partial charge is 0.427 e. The van der Waals surface area contributed by atoms with Gasteiger partial charge in [-0.15, -0.1) is 0 Å². The van der Waals surface area contributed by atoms with Gasteiger partial charge in [-0.3, -0.25) is 14.4 Å². The summed E-state index contributed by atoms with van der Waals surface area (Å²) in [5, 5.41) is 0. The average Bonchev–Trinajstić information content (AvgIpc) is 2.67. The molecule has 0 aliphatic carbocycles. The SMILES string of the molecule is CC(=O)Oc1cccc(C(=O)N2CCN(C(=O)c3ccc(C)cc3)CC2)c1. The Bertz CT molecular complexity index is 853. The zero-order valence-electron chi connectivity index (χ0n) is 15.5. The first-order valence-electron chi connectivity index (χ1n) is 8.88. The summed E-state index contributed by atoms with van der Waals surface area (Å²) < 4.78 is 5.04. The normalized spacial score (nSPS) is 14.0. The van der Waals surface area contributed by atoms with Gasteiger partial charge in [0.05, 0.1) is 0 Å². The summed E-state index contributed by atoms with van der Waals surface area (Å²) in [7, 11) is 0. The van der Waals surface area contributed by atoms with Crippen molar-refractivity contribution in [2.24, 2.45) is 0 Å². The van der Waals surface area contributed by atoms with Crippen LogP contribution in [0.5, 0.6) is 5.75 Å². The second kappa shape index (κ2) is 8.03. The van der Waals surface area contributed by atoms with Crippen LogP contribution in [0.3, 0.4) is 0 Å². The highest BCUT2D eigenvalue weighted by Gasteiger charge is 2.25. The van der Waals surface area contributed by atoms with Crippen molar-refractivity contribution in [1.82, 2.24) is 9.80 Å². The minimum Gasteiger partial charge on any atom is -0.427 e. The minimum absolute atomic E-state index is 0.0149. The zero-order valence-corrected chi connectivity index (χ0v) is 15.5. The van der Waals surface area contributed by atoms with E-state index in [0.29, 0.717) is 43.1 Å². The molecule has 0 bridgehead atoms. The van der Waals surface area contributed by atoms with E-state index < -0.39 is 5.97 Å². The van der Waals surface area contributed by atoms with Crippen molar-refractivity contribution in [3.8, 4) is 5.75 Å². The van der Waals surface area contributed by atoms with Gasteiger partial charge in [0.25, 0.3) is 11.8 Å². The predicted octanol–water partition coefficient (Wildman–Crippen LogP) is 2.52. The van der Waals surface area contributed by atoms with Crippen LogP contribution in [0.4, 0.5) is 0 Å². The summed E-state index contributed by atoms with van der Waals surface area (Å²) >= 11 is 0. The van der Waals surface area contributed by atoms with Crippen molar-refractivity contribution in [2.45, 2.75) is 13.8 Å². The van der Waals surface area contributed by atoms with E-state index in [0.717, 1.165) is 5.56 Å². The molecule has 2 aromatic carbocycles. The molecule has 2 aromatic rings. The van der Waals surface area contributed by atoms with Crippen LogP contribution in [0.2, 0.25) is 0 Å². The third-order valence-electron chi connectivity index (χ3n) is 4.50. The number of piperazine rings is 1. The first-order chi connectivity index (χ1) is 12.9. The Hall–Kier alpha value is -3.15. The molecule has 2 amide bonds. The molecule has 0 saturated carbocycles. The first-order valence-corrected chi connectivity index (χ1v) is 8.88. The monoisotopic (exact) mass is 366 g/mol. The average molecular weight is 366 g/mol. The van der Waals surface area contributed by atoms with Gasteiger partial charge in [-0.2, -0.15) is 0 Å². The Morgan fingerprint density at radius 2 is 1.37 bits per heavy atom. The number of esters is 1. The van der Waals surface area contributed by atoms with Crippen LogP contribution in [0.15, 0.2) is 48.5 Å². The lowest BCUT2D eigenvalue weighted by Gasteiger charge is -2.35. The van der Waals surface area contributed by atoms with E-state index in [1.54, 1.807) is 34.1 Å². The molecule has 1 aliphatic rings. The van der Waals surface area contributed by atoms with Gasteiger partial charge in [-0.1, -0.05) is 23.8 Å². The fraction of sp³-hybridized carbons (Fsp3) is 0.286. The maximum atomic E-state index is 12.7. The third-order valence-corrected chi connectivity index (χ3v) is 4.50. The van der Waals surface area contributed by atoms with Crippen molar-refractivity contribution in [3.63, 3.8) is 0 Å². The number of hydrogen-bond acceptors (Lipinski definition) is 4. The van der Waals surface area contributed by atoms with E-state index in [-0.39, 0.29) is 11.8 Å². The Morgan fingerprint density at radius 3 is 1.93 bits per heavy atom. The Balaban J connectivity index is 1.61. The molecule has 0 unspecified atom stereocenters. The van der Waals surface area contributed by atoms with Crippen LogP contribution >= 0.6 is 0 Å². The maximum absolute atomic E-state index is 12.7. The van der Waals surface area contributed by atoms with Crippen LogP contribution in [0.1, 0.15) is 33.2 Å². The summed E-state index contributed by atoms with van der Waals surface area (Å²) in [4.78, 5) is 39.8. The van der Waals surface area contributed by atoms with Crippen molar-refractivity contribution < 1.29 is 19.1 Å². The standard InChI is InChI=1S/C21H22N2O4/c1-15-6-8-17(9-7-15)20(25)22-10-12-23(13-11-22)21(26)18-4-3-5-19(14-18)27-16(2)24/h3-9,14H,10-13H2,1-2H3. The highest BCUT2D eigenvalue weighted by Crippen LogP contribution is 2.17. The van der Waals surface area contributed by atoms with Gasteiger partial charge < -0.3 is 14.5 Å². The molecule has 1 heterocycles. The molecule has 0 N–H and O–H groups in total. The molecule has 1 saturated heterocycles. The molecule has 6 heteroatoms. The van der Waals surface area contributed by atoms with Gasteiger partial charge in [0.1, 0.15) is 5.75 Å². The van der Waals surface area contributed by atoms with Gasteiger partial charge in [-0.25, -0.2) is 0 Å². The topological polar surface area (TPSA) is 66.9 Å². The van der Waals surface area contributed by atoms with E-state index in [2.05, 4.69) is 0 Å². The second-order valence-electron chi connectivity index (χ2n) is 6.57. The number of ether oxygens (including phenoxy) is 1. The number of hydrogen-bond donors (Lipinski definition) is 0. The quantitative estimate of drug-likeness (QED) is 0.618. The lowest BCUT2D eigenvalue weighted by Crippen LogP contribution is -2.50. The molecule has 3 rings (SSSR count). The van der Waals surface area contributed by atoms with Crippen LogP contribution in [-0.4, -0.2) is 53.8 Å². The highest BCUT2D eigenvalue weighted by molar-refractivity contribution is 5.96. The van der Waals surface area contributed by atoms with Crippen LogP contribution in [-0.2, 0) is 4.79 Å². The van der Waals surface area contributed by atoms with Crippen LogP contribution in [0.25, 0.3) is 0 Å². The molecule has 6 nitrogen and oxygen atoms in total. The fourth-order valence-corrected chi connectivity index (χ4v) is 3.03. The number of rotatable bonds is 3. The first kappa shape index (κ1) is 18.6. The molecular weight excluding hydrogens is 344 g/mol. The molecule has 27 heavy (non-hydrogen) atoms. The molecule has 0 aromatic heterocycles. The van der Waals surface area contributed by atoms with Gasteiger partial charge >= 0.3 is 5.97 Å². The smallest absolute Gasteiger partial charge is 0.308 e. The molecular formula is C21H22N2O4. The third kappa shape index (κ3) is 4.53. The van der Waals surface area contributed by atoms with Crippen molar-refractivity contribution in [1.29, 1.82) is 0 Å². The zero-order chi connectivity index (χ0) is 19.4. The molecule has 1 fully saturated rings. The number of nitrogens with zero attached hydrogens (tertiary/aromatic N) is 2. The molecule has 0 radical (unpaired) electrons. The molecule has 0 atom stereocenters. The van der Waals surface area contributed by atoms with Crippen molar-refractivity contribution in [2.75, 3.05) is 26.2 Å². The summed E-state index contributed by atoms with van der Waals surface area (Å²) in [6.45, 7) is 5.21. The van der Waals surface area contributed by atoms with E-state index in [9.17, 15) is 14.4 Å².